The van der Waals surface area contributed by atoms with Gasteiger partial charge in [0.1, 0.15) is 9.52 Å². The van der Waals surface area contributed by atoms with E-state index in [-0.39, 0.29) is 25.8 Å². The van der Waals surface area contributed by atoms with E-state index in [4.69, 9.17) is 0 Å². The van der Waals surface area contributed by atoms with Gasteiger partial charge in [0.2, 0.25) is 0 Å². The second kappa shape index (κ2) is 21.3. The van der Waals surface area contributed by atoms with Crippen LogP contribution in [0.3, 0.4) is 0 Å². The van der Waals surface area contributed by atoms with Crippen LogP contribution in [0.4, 0.5) is 0 Å². The zero-order valence-electron chi connectivity index (χ0n) is 24.6. The molecule has 2 radical (unpaired) electrons. The average molecular weight is 745 g/mol. The molecule has 8 aromatic carbocycles. The van der Waals surface area contributed by atoms with Crippen LogP contribution < -0.4 is 10.4 Å². The summed E-state index contributed by atoms with van der Waals surface area (Å²) in [5, 5.41) is 8.12. The number of fused-ring (bicyclic) bond motifs is 2. The summed E-state index contributed by atoms with van der Waals surface area (Å²) in [6.07, 6.45) is 0. The summed E-state index contributed by atoms with van der Waals surface area (Å²) in [6.45, 7) is 0. The van der Waals surface area contributed by atoms with E-state index >= 15 is 0 Å². The molecule has 8 aromatic rings. The van der Waals surface area contributed by atoms with Gasteiger partial charge in [-0.1, -0.05) is 83.2 Å². The van der Waals surface area contributed by atoms with Crippen molar-refractivity contribution in [3.05, 3.63) is 218 Å². The van der Waals surface area contributed by atoms with Crippen LogP contribution in [0.15, 0.2) is 206 Å². The Morgan fingerprint density at radius 1 is 0.364 bits per heavy atom. The zero-order chi connectivity index (χ0) is 29.6. The Labute approximate surface area is 284 Å². The third-order valence-corrected chi connectivity index (χ3v) is 7.39. The quantitative estimate of drug-likeness (QED) is 0.122. The standard InChI is InChI=1S/C12H10Si.2C9H7.2C6H5.Hf/c1-3-7-11(8-4-1)13-12-9-5-2-6-10-12;2*1-2-5-9-7-3-6-8(9)4-1;2*1-2-4-6-5-3-1;/h1-10H;2*1-7H;2*1-5H;/q;4*-1;+4. The maximum atomic E-state index is 2.89. The molecule has 0 saturated carbocycles. The minimum absolute atomic E-state index is 0. The Kier molecular flexibility index (Phi) is 16.5. The fourth-order valence-electron chi connectivity index (χ4n) is 4.03. The van der Waals surface area contributed by atoms with Gasteiger partial charge in [-0.3, -0.25) is 0 Å². The van der Waals surface area contributed by atoms with E-state index in [1.807, 2.05) is 60.7 Å². The summed E-state index contributed by atoms with van der Waals surface area (Å²) in [5.74, 6) is 0. The van der Waals surface area contributed by atoms with Gasteiger partial charge >= 0.3 is 25.8 Å². The SMILES string of the molecule is [Hf+4].[c-]1ccccc1.[c-]1ccccc1.c1ccc([Si]c2ccccc2)cc1.c1ccc2[cH-]ccc2c1.c1ccc2[cH-]ccc2c1. The maximum absolute atomic E-state index is 2.89. The van der Waals surface area contributed by atoms with Crippen molar-refractivity contribution in [2.24, 2.45) is 0 Å². The molecular formula is C42H34HfSi. The van der Waals surface area contributed by atoms with Crippen molar-refractivity contribution in [3.63, 3.8) is 0 Å². The summed E-state index contributed by atoms with van der Waals surface area (Å²) in [5.41, 5.74) is 0. The van der Waals surface area contributed by atoms with Crippen molar-refractivity contribution in [2.75, 3.05) is 0 Å². The molecule has 0 aliphatic rings. The Balaban J connectivity index is 0.000000154. The van der Waals surface area contributed by atoms with Crippen molar-refractivity contribution in [1.29, 1.82) is 0 Å². The molecule has 2 heteroatoms. The zero-order valence-corrected chi connectivity index (χ0v) is 29.2. The second-order valence-electron chi connectivity index (χ2n) is 9.32. The molecule has 0 heterocycles. The largest absolute Gasteiger partial charge is 4.00 e. The predicted octanol–water partition coefficient (Wildman–Crippen LogP) is 9.43. The van der Waals surface area contributed by atoms with Crippen LogP contribution in [0.1, 0.15) is 0 Å². The molecule has 0 spiro atoms. The van der Waals surface area contributed by atoms with Crippen LogP contribution in [0.5, 0.6) is 0 Å². The van der Waals surface area contributed by atoms with E-state index in [9.17, 15) is 0 Å². The fraction of sp³-hybridized carbons (Fsp3) is 0. The smallest absolute Gasteiger partial charge is 0.184 e. The molecule has 0 amide bonds. The second-order valence-corrected chi connectivity index (χ2v) is 10.7. The van der Waals surface area contributed by atoms with E-state index in [2.05, 4.69) is 158 Å². The van der Waals surface area contributed by atoms with Crippen LogP contribution in [0, 0.1) is 12.1 Å². The van der Waals surface area contributed by atoms with Gasteiger partial charge in [0.25, 0.3) is 0 Å². The van der Waals surface area contributed by atoms with Crippen molar-refractivity contribution in [3.8, 4) is 0 Å². The normalized spacial score (nSPS) is 9.27. The summed E-state index contributed by atoms with van der Waals surface area (Å²) < 4.78 is 0. The summed E-state index contributed by atoms with van der Waals surface area (Å²) in [4.78, 5) is 0. The van der Waals surface area contributed by atoms with Gasteiger partial charge in [0.05, 0.1) is 0 Å². The first-order chi connectivity index (χ1) is 21.4. The van der Waals surface area contributed by atoms with E-state index in [1.165, 1.54) is 31.9 Å². The Morgan fingerprint density at radius 3 is 1.02 bits per heavy atom. The molecule has 0 bridgehead atoms. The van der Waals surface area contributed by atoms with Gasteiger partial charge in [-0.05, 0) is 0 Å². The summed E-state index contributed by atoms with van der Waals surface area (Å²) >= 11 is 0. The van der Waals surface area contributed by atoms with Crippen molar-refractivity contribution in [2.45, 2.75) is 0 Å². The van der Waals surface area contributed by atoms with E-state index < -0.39 is 0 Å². The van der Waals surface area contributed by atoms with Crippen LogP contribution in [-0.2, 0) is 25.8 Å². The first-order valence-electron chi connectivity index (χ1n) is 14.3. The summed E-state index contributed by atoms with van der Waals surface area (Å²) in [7, 11) is 0.777. The molecule has 0 unspecified atom stereocenters. The number of hydrogen-bond acceptors (Lipinski definition) is 0. The third-order valence-electron chi connectivity index (χ3n) is 6.15. The van der Waals surface area contributed by atoms with Gasteiger partial charge in [-0.25, -0.2) is 0 Å². The number of benzene rings is 6. The van der Waals surface area contributed by atoms with Crippen LogP contribution in [-0.4, -0.2) is 9.52 Å². The first kappa shape index (κ1) is 34.1. The minimum Gasteiger partial charge on any atom is -0.184 e. The van der Waals surface area contributed by atoms with E-state index in [1.54, 1.807) is 0 Å². The predicted molar refractivity (Wildman–Crippen MR) is 188 cm³/mol. The number of hydrogen-bond donors (Lipinski definition) is 0. The topological polar surface area (TPSA) is 0 Å². The van der Waals surface area contributed by atoms with E-state index in [0.717, 1.165) is 9.52 Å². The maximum Gasteiger partial charge on any atom is 4.00 e. The van der Waals surface area contributed by atoms with Gasteiger partial charge in [0, 0.05) is 0 Å². The van der Waals surface area contributed by atoms with Crippen LogP contribution in [0.2, 0.25) is 0 Å². The molecule has 0 aliphatic heterocycles. The molecule has 44 heavy (non-hydrogen) atoms. The molecule has 0 N–H and O–H groups in total. The van der Waals surface area contributed by atoms with Crippen molar-refractivity contribution in [1.82, 2.24) is 0 Å². The van der Waals surface area contributed by atoms with Crippen LogP contribution in [0.25, 0.3) is 21.5 Å². The minimum atomic E-state index is 0. The van der Waals surface area contributed by atoms with Crippen molar-refractivity contribution < 1.29 is 25.8 Å². The number of rotatable bonds is 2. The van der Waals surface area contributed by atoms with Gasteiger partial charge < -0.3 is 0 Å². The van der Waals surface area contributed by atoms with Gasteiger partial charge in [0.15, 0.2) is 0 Å². The summed E-state index contributed by atoms with van der Waals surface area (Å²) in [6, 6.07) is 75.5. The molecule has 0 saturated heterocycles. The van der Waals surface area contributed by atoms with Crippen molar-refractivity contribution >= 4 is 41.4 Å². The monoisotopic (exact) mass is 746 g/mol. The molecule has 0 nitrogen and oxygen atoms in total. The molecule has 210 valence electrons. The molecular weight excluding hydrogens is 711 g/mol. The Hall–Kier alpha value is -4.37. The molecule has 8 rings (SSSR count). The Morgan fingerprint density at radius 2 is 0.705 bits per heavy atom. The average Bonchev–Trinajstić information content (AvgIpc) is 3.79. The molecule has 0 aromatic heterocycles. The van der Waals surface area contributed by atoms with Crippen LogP contribution >= 0.6 is 0 Å². The third kappa shape index (κ3) is 13.3. The molecule has 0 fully saturated rings. The Bertz CT molecular complexity index is 1520. The first-order valence-corrected chi connectivity index (χ1v) is 15.3. The molecule has 0 aliphatic carbocycles. The van der Waals surface area contributed by atoms with Gasteiger partial charge in [-0.2, -0.15) is 108 Å². The molecule has 0 atom stereocenters. The fourth-order valence-corrected chi connectivity index (χ4v) is 5.08. The van der Waals surface area contributed by atoms with E-state index in [0.29, 0.717) is 0 Å². The van der Waals surface area contributed by atoms with Gasteiger partial charge in [-0.15, -0.1) is 59.3 Å².